The fourth-order valence-electron chi connectivity index (χ4n) is 2.49. The smallest absolute Gasteiger partial charge is 0.300 e. The predicted molar refractivity (Wildman–Crippen MR) is 99.2 cm³/mol. The van der Waals surface area contributed by atoms with Gasteiger partial charge in [-0.15, -0.1) is 0 Å². The van der Waals surface area contributed by atoms with Gasteiger partial charge in [-0.2, -0.15) is 0 Å². The Labute approximate surface area is 155 Å². The Morgan fingerprint density at radius 1 is 1.42 bits per heavy atom. The van der Waals surface area contributed by atoms with Crippen molar-refractivity contribution in [2.24, 2.45) is 0 Å². The molecule has 2 rings (SSSR count). The van der Waals surface area contributed by atoms with E-state index < -0.39 is 12.1 Å². The second-order valence-corrected chi connectivity index (χ2v) is 7.33. The third-order valence-electron chi connectivity index (χ3n) is 3.70. The number of benzene rings is 1. The maximum absolute atomic E-state index is 10.9. The van der Waals surface area contributed by atoms with Gasteiger partial charge >= 0.3 is 0 Å². The highest BCUT2D eigenvalue weighted by atomic mass is 16.5. The van der Waals surface area contributed by atoms with Crippen LogP contribution in [0.4, 0.5) is 0 Å². The van der Waals surface area contributed by atoms with E-state index in [-0.39, 0.29) is 12.1 Å². The molecule has 0 saturated carbocycles. The summed E-state index contributed by atoms with van der Waals surface area (Å²) in [6.07, 6.45) is 1.13. The highest BCUT2D eigenvalue weighted by Gasteiger charge is 2.19. The van der Waals surface area contributed by atoms with Crippen LogP contribution in [0.1, 0.15) is 38.8 Å². The topological polar surface area (TPSA) is 99.1 Å². The van der Waals surface area contributed by atoms with Crippen LogP contribution in [-0.4, -0.2) is 58.8 Å². The Balaban J connectivity index is 0.000000765. The fraction of sp³-hybridized carbons (Fsp3) is 0.579. The zero-order chi connectivity index (χ0) is 19.7. The van der Waals surface area contributed by atoms with Gasteiger partial charge in [-0.05, 0) is 38.8 Å². The van der Waals surface area contributed by atoms with Crippen LogP contribution in [0.15, 0.2) is 18.2 Å². The van der Waals surface area contributed by atoms with Gasteiger partial charge in [0.15, 0.2) is 0 Å². The normalized spacial score (nSPS) is 14.6. The second kappa shape index (κ2) is 10.1. The van der Waals surface area contributed by atoms with Crippen LogP contribution in [0.3, 0.4) is 0 Å². The molecule has 1 aliphatic rings. The molecule has 1 aromatic carbocycles. The van der Waals surface area contributed by atoms with Crippen LogP contribution in [0.25, 0.3) is 0 Å². The Morgan fingerprint density at radius 2 is 2.08 bits per heavy atom. The van der Waals surface area contributed by atoms with Crippen LogP contribution < -0.4 is 10.1 Å². The fourth-order valence-corrected chi connectivity index (χ4v) is 2.49. The predicted octanol–water partition coefficient (Wildman–Crippen LogP) is 1.42. The van der Waals surface area contributed by atoms with Crippen molar-refractivity contribution in [1.82, 2.24) is 10.2 Å². The standard InChI is InChI=1S/C17H26N2O3.C2H4O2/c1-17(2,3)18-9-14(21)11-22-16-6-4-5-13-10-19(12-20)8-7-15(13)16;1-2(3)4/h4-6,12,14,18,21H,7-11H2,1-3H3;1H3,(H,3,4). The summed E-state index contributed by atoms with van der Waals surface area (Å²) in [7, 11) is 0. The number of ether oxygens (including phenoxy) is 1. The number of β-amino-alcohol motifs (C(OH)–C–C–N with tert-alkyl or cyclic N) is 1. The van der Waals surface area contributed by atoms with Crippen LogP contribution >= 0.6 is 0 Å². The summed E-state index contributed by atoms with van der Waals surface area (Å²) in [5, 5.41) is 20.7. The first-order chi connectivity index (χ1) is 12.1. The van der Waals surface area contributed by atoms with Crippen molar-refractivity contribution in [3.8, 4) is 5.75 Å². The van der Waals surface area contributed by atoms with Gasteiger partial charge in [-0.1, -0.05) is 12.1 Å². The average Bonchev–Trinajstić information content (AvgIpc) is 2.56. The number of aliphatic hydroxyl groups excluding tert-OH is 1. The molecule has 0 aliphatic carbocycles. The minimum Gasteiger partial charge on any atom is -0.491 e. The van der Waals surface area contributed by atoms with E-state index in [1.54, 1.807) is 4.90 Å². The van der Waals surface area contributed by atoms with Gasteiger partial charge in [0, 0.05) is 37.7 Å². The molecule has 1 aromatic rings. The van der Waals surface area contributed by atoms with E-state index in [0.29, 0.717) is 19.6 Å². The number of nitrogens with zero attached hydrogens (tertiary/aromatic N) is 1. The van der Waals surface area contributed by atoms with Crippen molar-refractivity contribution in [2.75, 3.05) is 19.7 Å². The lowest BCUT2D eigenvalue weighted by molar-refractivity contribution is -0.134. The molecule has 1 heterocycles. The molecule has 1 atom stereocenters. The summed E-state index contributed by atoms with van der Waals surface area (Å²) in [5.41, 5.74) is 2.25. The lowest BCUT2D eigenvalue weighted by Crippen LogP contribution is -2.42. The van der Waals surface area contributed by atoms with Crippen LogP contribution in [-0.2, 0) is 22.6 Å². The third kappa shape index (κ3) is 8.31. The summed E-state index contributed by atoms with van der Waals surface area (Å²) >= 11 is 0. The second-order valence-electron chi connectivity index (χ2n) is 7.33. The largest absolute Gasteiger partial charge is 0.491 e. The molecule has 0 spiro atoms. The van der Waals surface area contributed by atoms with Crippen LogP contribution in [0, 0.1) is 0 Å². The van der Waals surface area contributed by atoms with Gasteiger partial charge in [0.05, 0.1) is 0 Å². The van der Waals surface area contributed by atoms with Gasteiger partial charge in [0.2, 0.25) is 6.41 Å². The molecule has 3 N–H and O–H groups in total. The van der Waals surface area contributed by atoms with Crippen molar-refractivity contribution < 1.29 is 24.5 Å². The number of rotatable bonds is 6. The van der Waals surface area contributed by atoms with E-state index in [0.717, 1.165) is 36.6 Å². The maximum Gasteiger partial charge on any atom is 0.300 e. The van der Waals surface area contributed by atoms with Gasteiger partial charge in [-0.3, -0.25) is 9.59 Å². The molecule has 0 bridgehead atoms. The molecular weight excluding hydrogens is 336 g/mol. The molecule has 0 fully saturated rings. The molecule has 1 amide bonds. The molecular formula is C19H30N2O5. The molecule has 1 unspecified atom stereocenters. The first-order valence-electron chi connectivity index (χ1n) is 8.68. The number of amides is 1. The number of hydrogen-bond donors (Lipinski definition) is 3. The number of carboxylic acid groups (broad SMARTS) is 1. The first-order valence-corrected chi connectivity index (χ1v) is 8.68. The molecule has 0 saturated heterocycles. The Hall–Kier alpha value is -2.12. The number of carboxylic acids is 1. The maximum atomic E-state index is 10.9. The third-order valence-corrected chi connectivity index (χ3v) is 3.70. The molecule has 7 nitrogen and oxygen atoms in total. The van der Waals surface area contributed by atoms with Crippen LogP contribution in [0.2, 0.25) is 0 Å². The highest BCUT2D eigenvalue weighted by Crippen LogP contribution is 2.27. The molecule has 0 aromatic heterocycles. The Bertz CT molecular complexity index is 594. The Kier molecular flexibility index (Phi) is 8.54. The number of aliphatic carboxylic acids is 1. The van der Waals surface area contributed by atoms with E-state index in [1.165, 1.54) is 0 Å². The number of fused-ring (bicyclic) bond motifs is 1. The molecule has 7 heteroatoms. The van der Waals surface area contributed by atoms with Gasteiger partial charge in [0.25, 0.3) is 5.97 Å². The quantitative estimate of drug-likeness (QED) is 0.659. The van der Waals surface area contributed by atoms with Crippen LogP contribution in [0.5, 0.6) is 5.75 Å². The van der Waals surface area contributed by atoms with Gasteiger partial charge < -0.3 is 25.2 Å². The molecule has 0 radical (unpaired) electrons. The Morgan fingerprint density at radius 3 is 2.65 bits per heavy atom. The van der Waals surface area contributed by atoms with Crippen molar-refractivity contribution in [2.45, 2.75) is 52.3 Å². The summed E-state index contributed by atoms with van der Waals surface area (Å²) in [6.45, 7) is 9.37. The SMILES string of the molecule is CC(=O)O.CC(C)(C)NCC(O)COc1cccc2c1CCN(C=O)C2. The van der Waals surface area contributed by atoms with E-state index >= 15 is 0 Å². The van der Waals surface area contributed by atoms with E-state index in [2.05, 4.69) is 26.1 Å². The highest BCUT2D eigenvalue weighted by molar-refractivity contribution is 5.63. The summed E-state index contributed by atoms with van der Waals surface area (Å²) < 4.78 is 5.80. The first kappa shape index (κ1) is 21.9. The lowest BCUT2D eigenvalue weighted by Gasteiger charge is -2.27. The molecule has 146 valence electrons. The summed E-state index contributed by atoms with van der Waals surface area (Å²) in [4.78, 5) is 21.6. The average molecular weight is 366 g/mol. The van der Waals surface area contributed by atoms with Crippen molar-refractivity contribution in [3.63, 3.8) is 0 Å². The van der Waals surface area contributed by atoms with Crippen molar-refractivity contribution in [3.05, 3.63) is 29.3 Å². The lowest BCUT2D eigenvalue weighted by atomic mass is 9.99. The number of carbonyl (C=O) groups excluding carboxylic acids is 1. The number of aliphatic hydroxyl groups is 1. The number of carbonyl (C=O) groups is 2. The van der Waals surface area contributed by atoms with Crippen molar-refractivity contribution >= 4 is 12.4 Å². The number of nitrogens with one attached hydrogen (secondary N) is 1. The monoisotopic (exact) mass is 366 g/mol. The minimum absolute atomic E-state index is 0.0226. The van der Waals surface area contributed by atoms with Gasteiger partial charge in [-0.25, -0.2) is 0 Å². The minimum atomic E-state index is -0.833. The summed E-state index contributed by atoms with van der Waals surface area (Å²) in [5.74, 6) is -0.0159. The number of hydrogen-bond acceptors (Lipinski definition) is 5. The zero-order valence-electron chi connectivity index (χ0n) is 16.0. The van der Waals surface area contributed by atoms with Gasteiger partial charge in [0.1, 0.15) is 18.5 Å². The van der Waals surface area contributed by atoms with Crippen molar-refractivity contribution in [1.29, 1.82) is 0 Å². The zero-order valence-corrected chi connectivity index (χ0v) is 16.0. The van der Waals surface area contributed by atoms with E-state index in [4.69, 9.17) is 14.6 Å². The van der Waals surface area contributed by atoms with E-state index in [9.17, 15) is 9.90 Å². The molecule has 1 aliphatic heterocycles. The summed E-state index contributed by atoms with van der Waals surface area (Å²) in [6, 6.07) is 5.89. The van der Waals surface area contributed by atoms with E-state index in [1.807, 2.05) is 18.2 Å². The molecule has 26 heavy (non-hydrogen) atoms.